The first-order chi connectivity index (χ1) is 13.0. The molecule has 27 heavy (non-hydrogen) atoms. The van der Waals surface area contributed by atoms with E-state index in [-0.39, 0.29) is 11.9 Å². The van der Waals surface area contributed by atoms with Gasteiger partial charge in [0.2, 0.25) is 5.91 Å². The summed E-state index contributed by atoms with van der Waals surface area (Å²) in [5, 5.41) is 0. The average molecular weight is 365 g/mol. The van der Waals surface area contributed by atoms with E-state index in [1.807, 2.05) is 30.3 Å². The fourth-order valence-corrected chi connectivity index (χ4v) is 3.06. The third-order valence-electron chi connectivity index (χ3n) is 4.54. The zero-order valence-corrected chi connectivity index (χ0v) is 15.8. The van der Waals surface area contributed by atoms with Gasteiger partial charge in [0.25, 0.3) is 0 Å². The molecule has 1 heterocycles. The molecule has 0 unspecified atom stereocenters. The van der Waals surface area contributed by atoms with Gasteiger partial charge in [-0.3, -0.25) is 9.59 Å². The molecule has 0 saturated heterocycles. The normalized spacial score (nSPS) is 13.8. The molecule has 0 atom stereocenters. The smallest absolute Gasteiger partial charge is 0.308 e. The van der Waals surface area contributed by atoms with Crippen molar-refractivity contribution in [2.75, 3.05) is 13.6 Å². The van der Waals surface area contributed by atoms with E-state index in [1.165, 1.54) is 6.92 Å². The lowest BCUT2D eigenvalue weighted by Crippen LogP contribution is -2.24. The molecule has 5 heteroatoms. The number of rotatable bonds is 4. The van der Waals surface area contributed by atoms with Crippen molar-refractivity contribution in [3.05, 3.63) is 65.2 Å². The van der Waals surface area contributed by atoms with Crippen LogP contribution in [0.25, 0.3) is 5.57 Å². The molecular formula is C22H23NO4. The highest BCUT2D eigenvalue weighted by atomic mass is 16.5. The van der Waals surface area contributed by atoms with E-state index in [2.05, 4.69) is 12.1 Å². The molecule has 0 radical (unpaired) electrons. The second kappa shape index (κ2) is 8.08. The summed E-state index contributed by atoms with van der Waals surface area (Å²) in [6.45, 7) is 4.04. The van der Waals surface area contributed by atoms with Gasteiger partial charge in [-0.25, -0.2) is 0 Å². The van der Waals surface area contributed by atoms with Gasteiger partial charge in [-0.05, 0) is 41.3 Å². The highest BCUT2D eigenvalue weighted by molar-refractivity contribution is 5.86. The number of nitrogens with zero attached hydrogens (tertiary/aromatic N) is 1. The first kappa shape index (κ1) is 18.7. The van der Waals surface area contributed by atoms with Crippen molar-refractivity contribution in [2.45, 2.75) is 26.9 Å². The third kappa shape index (κ3) is 4.37. The van der Waals surface area contributed by atoms with E-state index in [0.29, 0.717) is 25.3 Å². The van der Waals surface area contributed by atoms with Crippen LogP contribution in [0.2, 0.25) is 0 Å². The molecule has 0 aromatic heterocycles. The Hall–Kier alpha value is -3.08. The Morgan fingerprint density at radius 3 is 2.67 bits per heavy atom. The molecule has 5 nitrogen and oxygen atoms in total. The van der Waals surface area contributed by atoms with Crippen LogP contribution in [-0.2, 0) is 16.2 Å². The van der Waals surface area contributed by atoms with Crippen molar-refractivity contribution in [3.8, 4) is 11.5 Å². The van der Waals surface area contributed by atoms with Gasteiger partial charge in [0.1, 0.15) is 18.1 Å². The maximum Gasteiger partial charge on any atom is 0.308 e. The second-order valence-corrected chi connectivity index (χ2v) is 6.54. The van der Waals surface area contributed by atoms with E-state index in [4.69, 9.17) is 9.47 Å². The number of carbonyl (C=O) groups is 2. The summed E-state index contributed by atoms with van der Waals surface area (Å²) in [6.07, 6.45) is 2.82. The van der Waals surface area contributed by atoms with Crippen LogP contribution in [0.5, 0.6) is 11.5 Å². The molecule has 0 bridgehead atoms. The molecule has 0 spiro atoms. The SMILES string of the molecule is CC(=O)Oc1ccc2c(c1)/C(=C\CCN(C)C(C)=O)c1ccccc1CO2. The topological polar surface area (TPSA) is 55.8 Å². The van der Waals surface area contributed by atoms with Crippen molar-refractivity contribution >= 4 is 17.4 Å². The predicted molar refractivity (Wildman–Crippen MR) is 104 cm³/mol. The number of hydrogen-bond acceptors (Lipinski definition) is 4. The highest BCUT2D eigenvalue weighted by Crippen LogP contribution is 2.38. The summed E-state index contributed by atoms with van der Waals surface area (Å²) in [7, 11) is 1.79. The Morgan fingerprint density at radius 1 is 1.15 bits per heavy atom. The van der Waals surface area contributed by atoms with Crippen molar-refractivity contribution in [2.24, 2.45) is 0 Å². The van der Waals surface area contributed by atoms with E-state index in [1.54, 1.807) is 24.9 Å². The molecule has 1 aliphatic heterocycles. The Bertz CT molecular complexity index is 901. The molecule has 2 aromatic rings. The Labute approximate surface area is 159 Å². The number of ether oxygens (including phenoxy) is 2. The van der Waals surface area contributed by atoms with Gasteiger partial charge in [-0.2, -0.15) is 0 Å². The van der Waals surface area contributed by atoms with E-state index < -0.39 is 0 Å². The van der Waals surface area contributed by atoms with Crippen LogP contribution in [0.15, 0.2) is 48.5 Å². The summed E-state index contributed by atoms with van der Waals surface area (Å²) in [6, 6.07) is 13.5. The maximum absolute atomic E-state index is 11.5. The monoisotopic (exact) mass is 365 g/mol. The average Bonchev–Trinajstić information content (AvgIpc) is 2.78. The number of hydrogen-bond donors (Lipinski definition) is 0. The van der Waals surface area contributed by atoms with Crippen LogP contribution < -0.4 is 9.47 Å². The first-order valence-corrected chi connectivity index (χ1v) is 8.91. The van der Waals surface area contributed by atoms with Gasteiger partial charge in [0.15, 0.2) is 0 Å². The van der Waals surface area contributed by atoms with Crippen LogP contribution in [0.1, 0.15) is 37.0 Å². The van der Waals surface area contributed by atoms with Gasteiger partial charge in [-0.1, -0.05) is 30.3 Å². The van der Waals surface area contributed by atoms with Gasteiger partial charge in [-0.15, -0.1) is 0 Å². The van der Waals surface area contributed by atoms with Gasteiger partial charge >= 0.3 is 5.97 Å². The van der Waals surface area contributed by atoms with Gasteiger partial charge in [0, 0.05) is 33.0 Å². The molecular weight excluding hydrogens is 342 g/mol. The minimum absolute atomic E-state index is 0.0375. The lowest BCUT2D eigenvalue weighted by atomic mass is 9.93. The zero-order valence-electron chi connectivity index (χ0n) is 15.8. The minimum atomic E-state index is -0.362. The van der Waals surface area contributed by atoms with Crippen molar-refractivity contribution in [3.63, 3.8) is 0 Å². The van der Waals surface area contributed by atoms with Crippen LogP contribution >= 0.6 is 0 Å². The Morgan fingerprint density at radius 2 is 1.93 bits per heavy atom. The maximum atomic E-state index is 11.5. The van der Waals surface area contributed by atoms with Crippen molar-refractivity contribution < 1.29 is 19.1 Å². The fourth-order valence-electron chi connectivity index (χ4n) is 3.06. The van der Waals surface area contributed by atoms with E-state index in [0.717, 1.165) is 28.0 Å². The molecule has 1 aliphatic rings. The second-order valence-electron chi connectivity index (χ2n) is 6.54. The fraction of sp³-hybridized carbons (Fsp3) is 0.273. The predicted octanol–water partition coefficient (Wildman–Crippen LogP) is 3.80. The number of fused-ring (bicyclic) bond motifs is 2. The van der Waals surface area contributed by atoms with E-state index >= 15 is 0 Å². The molecule has 0 aliphatic carbocycles. The Kier molecular flexibility index (Phi) is 5.60. The number of benzene rings is 2. The minimum Gasteiger partial charge on any atom is -0.488 e. The van der Waals surface area contributed by atoms with Crippen molar-refractivity contribution in [1.82, 2.24) is 4.90 Å². The highest BCUT2D eigenvalue weighted by Gasteiger charge is 2.20. The number of carbonyl (C=O) groups excluding carboxylic acids is 2. The summed E-state index contributed by atoms with van der Waals surface area (Å²) in [4.78, 5) is 24.5. The van der Waals surface area contributed by atoms with Crippen LogP contribution in [0, 0.1) is 0 Å². The molecule has 0 saturated carbocycles. The Balaban J connectivity index is 2.03. The lowest BCUT2D eigenvalue weighted by Gasteiger charge is -2.15. The summed E-state index contributed by atoms with van der Waals surface area (Å²) < 4.78 is 11.2. The standard InChI is InChI=1S/C22H23NO4/c1-15(24)23(3)12-6-9-20-19-8-5-4-7-17(19)14-26-22-11-10-18(13-21(20)22)27-16(2)25/h4-5,7-11,13H,6,12,14H2,1-3H3/b20-9-. The van der Waals surface area contributed by atoms with Crippen molar-refractivity contribution in [1.29, 1.82) is 0 Å². The van der Waals surface area contributed by atoms with E-state index in [9.17, 15) is 9.59 Å². The first-order valence-electron chi connectivity index (χ1n) is 8.91. The van der Waals surface area contributed by atoms with Gasteiger partial charge in [0.05, 0.1) is 0 Å². The lowest BCUT2D eigenvalue weighted by molar-refractivity contribution is -0.132. The summed E-state index contributed by atoms with van der Waals surface area (Å²) in [5.41, 5.74) is 4.07. The quantitative estimate of drug-likeness (QED) is 0.611. The van der Waals surface area contributed by atoms with Crippen LogP contribution in [-0.4, -0.2) is 30.4 Å². The molecule has 1 amide bonds. The van der Waals surface area contributed by atoms with Crippen LogP contribution in [0.3, 0.4) is 0 Å². The van der Waals surface area contributed by atoms with Crippen LogP contribution in [0.4, 0.5) is 0 Å². The zero-order chi connectivity index (χ0) is 19.4. The molecule has 3 rings (SSSR count). The molecule has 0 fully saturated rings. The number of esters is 1. The molecule has 2 aromatic carbocycles. The summed E-state index contributed by atoms with van der Waals surface area (Å²) in [5.74, 6) is 0.901. The third-order valence-corrected chi connectivity index (χ3v) is 4.54. The molecule has 0 N–H and O–H groups in total. The number of amides is 1. The summed E-state index contributed by atoms with van der Waals surface area (Å²) >= 11 is 0. The largest absolute Gasteiger partial charge is 0.488 e. The van der Waals surface area contributed by atoms with Gasteiger partial charge < -0.3 is 14.4 Å². The molecule has 140 valence electrons.